The Morgan fingerprint density at radius 3 is 2.47 bits per heavy atom. The van der Waals surface area contributed by atoms with E-state index in [-0.39, 0.29) is 0 Å². The summed E-state index contributed by atoms with van der Waals surface area (Å²) in [7, 11) is 0. The first-order valence-electron chi connectivity index (χ1n) is 6.88. The van der Waals surface area contributed by atoms with Gasteiger partial charge in [-0.15, -0.1) is 0 Å². The molecule has 2 aliphatic rings. The van der Waals surface area contributed by atoms with Crippen molar-refractivity contribution in [1.29, 1.82) is 0 Å². The third-order valence-corrected chi connectivity index (χ3v) is 4.39. The van der Waals surface area contributed by atoms with Crippen LogP contribution in [0.4, 0.5) is 0 Å². The summed E-state index contributed by atoms with van der Waals surface area (Å²) in [6.07, 6.45) is 5.44. The average molecular weight is 230 g/mol. The minimum atomic E-state index is 0.507. The Hall–Kier alpha value is -0.860. The van der Waals surface area contributed by atoms with Gasteiger partial charge in [-0.05, 0) is 37.8 Å². The average Bonchev–Trinajstić information content (AvgIpc) is 2.83. The van der Waals surface area contributed by atoms with Gasteiger partial charge in [-0.25, -0.2) is 0 Å². The van der Waals surface area contributed by atoms with Crippen molar-refractivity contribution in [2.75, 3.05) is 19.6 Å². The van der Waals surface area contributed by atoms with Gasteiger partial charge in [0.1, 0.15) is 0 Å². The highest BCUT2D eigenvalue weighted by molar-refractivity contribution is 5.14. The summed E-state index contributed by atoms with van der Waals surface area (Å²) in [5.41, 5.74) is 1.95. The number of piperidine rings is 1. The maximum absolute atomic E-state index is 3.73. The molecule has 92 valence electrons. The Labute approximate surface area is 104 Å². The van der Waals surface area contributed by atoms with E-state index >= 15 is 0 Å². The van der Waals surface area contributed by atoms with E-state index in [1.165, 1.54) is 50.9 Å². The summed E-state index contributed by atoms with van der Waals surface area (Å²) in [6, 6.07) is 10.8. The summed E-state index contributed by atoms with van der Waals surface area (Å²) in [5, 5.41) is 3.73. The molecule has 2 fully saturated rings. The van der Waals surface area contributed by atoms with Crippen molar-refractivity contribution >= 4 is 0 Å². The van der Waals surface area contributed by atoms with Gasteiger partial charge >= 0.3 is 0 Å². The van der Waals surface area contributed by atoms with Crippen molar-refractivity contribution in [3.8, 4) is 0 Å². The van der Waals surface area contributed by atoms with Crippen LogP contribution in [-0.2, 0) is 6.54 Å². The fourth-order valence-electron chi connectivity index (χ4n) is 3.28. The summed E-state index contributed by atoms with van der Waals surface area (Å²) in [5.74, 6) is 0. The van der Waals surface area contributed by atoms with Gasteiger partial charge in [-0.2, -0.15) is 0 Å². The van der Waals surface area contributed by atoms with Crippen molar-refractivity contribution < 1.29 is 0 Å². The zero-order valence-corrected chi connectivity index (χ0v) is 10.5. The fourth-order valence-corrected chi connectivity index (χ4v) is 3.28. The van der Waals surface area contributed by atoms with E-state index in [0.29, 0.717) is 5.54 Å². The van der Waals surface area contributed by atoms with Gasteiger partial charge in [0, 0.05) is 25.2 Å². The van der Waals surface area contributed by atoms with Crippen molar-refractivity contribution in [2.45, 2.75) is 37.8 Å². The highest BCUT2D eigenvalue weighted by Gasteiger charge is 2.36. The zero-order valence-electron chi connectivity index (χ0n) is 10.5. The molecule has 0 aromatic heterocycles. The highest BCUT2D eigenvalue weighted by atomic mass is 15.2. The maximum atomic E-state index is 3.73. The van der Waals surface area contributed by atoms with Crippen LogP contribution in [0.2, 0.25) is 0 Å². The number of benzene rings is 1. The molecule has 0 saturated carbocycles. The Balaban J connectivity index is 1.55. The number of likely N-dealkylation sites (tertiary alicyclic amines) is 1. The van der Waals surface area contributed by atoms with Gasteiger partial charge in [0.15, 0.2) is 0 Å². The zero-order chi connectivity index (χ0) is 11.6. The van der Waals surface area contributed by atoms with Crippen LogP contribution in [-0.4, -0.2) is 30.1 Å². The highest BCUT2D eigenvalue weighted by Crippen LogP contribution is 2.31. The molecule has 0 bridgehead atoms. The van der Waals surface area contributed by atoms with E-state index in [9.17, 15) is 0 Å². The quantitative estimate of drug-likeness (QED) is 0.839. The SMILES string of the molecule is c1ccc(CN2CCC3(CCCN3)CC2)cc1. The lowest BCUT2D eigenvalue weighted by atomic mass is 9.86. The second kappa shape index (κ2) is 4.79. The van der Waals surface area contributed by atoms with Crippen LogP contribution >= 0.6 is 0 Å². The summed E-state index contributed by atoms with van der Waals surface area (Å²) < 4.78 is 0. The number of hydrogen-bond acceptors (Lipinski definition) is 2. The molecule has 2 saturated heterocycles. The van der Waals surface area contributed by atoms with Gasteiger partial charge in [0.2, 0.25) is 0 Å². The van der Waals surface area contributed by atoms with Crippen molar-refractivity contribution in [2.24, 2.45) is 0 Å². The second-order valence-electron chi connectivity index (χ2n) is 5.57. The molecule has 2 heterocycles. The first kappa shape index (κ1) is 11.2. The minimum absolute atomic E-state index is 0.507. The van der Waals surface area contributed by atoms with Gasteiger partial charge in [0.05, 0.1) is 0 Å². The molecule has 1 aromatic rings. The van der Waals surface area contributed by atoms with E-state index in [1.54, 1.807) is 0 Å². The lowest BCUT2D eigenvalue weighted by Gasteiger charge is -2.39. The first-order valence-corrected chi connectivity index (χ1v) is 6.88. The van der Waals surface area contributed by atoms with E-state index in [1.807, 2.05) is 0 Å². The van der Waals surface area contributed by atoms with Gasteiger partial charge in [0.25, 0.3) is 0 Å². The molecule has 0 atom stereocenters. The van der Waals surface area contributed by atoms with E-state index in [4.69, 9.17) is 0 Å². The van der Waals surface area contributed by atoms with Crippen LogP contribution in [0.3, 0.4) is 0 Å². The molecule has 0 unspecified atom stereocenters. The van der Waals surface area contributed by atoms with Gasteiger partial charge in [-0.1, -0.05) is 30.3 Å². The van der Waals surface area contributed by atoms with Crippen LogP contribution in [0.15, 0.2) is 30.3 Å². The molecule has 2 nitrogen and oxygen atoms in total. The van der Waals surface area contributed by atoms with E-state index in [2.05, 4.69) is 40.5 Å². The topological polar surface area (TPSA) is 15.3 Å². The Morgan fingerprint density at radius 2 is 1.82 bits per heavy atom. The Bertz CT molecular complexity index is 344. The molecule has 1 spiro atoms. The molecule has 3 rings (SSSR count). The molecule has 17 heavy (non-hydrogen) atoms. The van der Waals surface area contributed by atoms with E-state index in [0.717, 1.165) is 6.54 Å². The first-order chi connectivity index (χ1) is 8.36. The number of nitrogens with zero attached hydrogens (tertiary/aromatic N) is 1. The minimum Gasteiger partial charge on any atom is -0.311 e. The Kier molecular flexibility index (Phi) is 3.17. The largest absolute Gasteiger partial charge is 0.311 e. The monoisotopic (exact) mass is 230 g/mol. The van der Waals surface area contributed by atoms with Gasteiger partial charge < -0.3 is 5.32 Å². The number of hydrogen-bond donors (Lipinski definition) is 1. The van der Waals surface area contributed by atoms with Crippen molar-refractivity contribution in [1.82, 2.24) is 10.2 Å². The lowest BCUT2D eigenvalue weighted by molar-refractivity contribution is 0.142. The van der Waals surface area contributed by atoms with Crippen LogP contribution in [0.1, 0.15) is 31.2 Å². The molecular weight excluding hydrogens is 208 g/mol. The molecule has 0 aliphatic carbocycles. The maximum Gasteiger partial charge on any atom is 0.0233 e. The smallest absolute Gasteiger partial charge is 0.0233 e. The molecular formula is C15H22N2. The summed E-state index contributed by atoms with van der Waals surface area (Å²) in [6.45, 7) is 4.86. The van der Waals surface area contributed by atoms with Gasteiger partial charge in [-0.3, -0.25) is 4.90 Å². The predicted octanol–water partition coefficient (Wildman–Crippen LogP) is 2.40. The summed E-state index contributed by atoms with van der Waals surface area (Å²) >= 11 is 0. The normalized spacial score (nSPS) is 24.2. The molecule has 1 N–H and O–H groups in total. The number of rotatable bonds is 2. The van der Waals surface area contributed by atoms with Crippen molar-refractivity contribution in [3.05, 3.63) is 35.9 Å². The molecule has 2 heteroatoms. The third-order valence-electron chi connectivity index (χ3n) is 4.39. The third kappa shape index (κ3) is 2.53. The lowest BCUT2D eigenvalue weighted by Crippen LogP contribution is -2.49. The molecule has 0 radical (unpaired) electrons. The molecule has 0 amide bonds. The van der Waals surface area contributed by atoms with Crippen LogP contribution in [0, 0.1) is 0 Å². The fraction of sp³-hybridized carbons (Fsp3) is 0.600. The van der Waals surface area contributed by atoms with Crippen LogP contribution in [0.5, 0.6) is 0 Å². The van der Waals surface area contributed by atoms with Crippen LogP contribution in [0.25, 0.3) is 0 Å². The molecule has 1 aromatic carbocycles. The standard InChI is InChI=1S/C15H22N2/c1-2-5-14(6-3-1)13-17-11-8-15(9-12-17)7-4-10-16-15/h1-3,5-6,16H,4,7-13H2. The van der Waals surface area contributed by atoms with E-state index < -0.39 is 0 Å². The second-order valence-corrected chi connectivity index (χ2v) is 5.57. The van der Waals surface area contributed by atoms with Crippen LogP contribution < -0.4 is 5.32 Å². The molecule has 2 aliphatic heterocycles. The van der Waals surface area contributed by atoms with Crippen molar-refractivity contribution in [3.63, 3.8) is 0 Å². The number of nitrogens with one attached hydrogen (secondary N) is 1. The Morgan fingerprint density at radius 1 is 1.06 bits per heavy atom. The summed E-state index contributed by atoms with van der Waals surface area (Å²) in [4.78, 5) is 2.60. The predicted molar refractivity (Wildman–Crippen MR) is 70.9 cm³/mol.